The summed E-state index contributed by atoms with van der Waals surface area (Å²) in [4.78, 5) is 14.2. The Balaban J connectivity index is 2.07. The summed E-state index contributed by atoms with van der Waals surface area (Å²) in [6.45, 7) is -0.308. The van der Waals surface area contributed by atoms with E-state index in [0.29, 0.717) is 34.2 Å². The predicted octanol–water partition coefficient (Wildman–Crippen LogP) is 2.12. The van der Waals surface area contributed by atoms with Gasteiger partial charge in [-0.05, 0) is 17.7 Å². The Labute approximate surface area is 162 Å². The van der Waals surface area contributed by atoms with Gasteiger partial charge in [0.2, 0.25) is 11.7 Å². The molecule has 1 saturated heterocycles. The molecule has 0 radical (unpaired) electrons. The van der Waals surface area contributed by atoms with Crippen LogP contribution in [0.1, 0.15) is 11.6 Å². The fourth-order valence-corrected chi connectivity index (χ4v) is 3.49. The van der Waals surface area contributed by atoms with Crippen LogP contribution in [0, 0.1) is 5.92 Å². The number of carbonyl (C=O) groups is 1. The van der Waals surface area contributed by atoms with Crippen molar-refractivity contribution in [3.05, 3.63) is 35.9 Å². The Hall–Kier alpha value is -3.13. The second kappa shape index (κ2) is 7.85. The van der Waals surface area contributed by atoms with Crippen LogP contribution >= 0.6 is 0 Å². The van der Waals surface area contributed by atoms with Gasteiger partial charge in [-0.15, -0.1) is 0 Å². The summed E-state index contributed by atoms with van der Waals surface area (Å²) in [7, 11) is 5.95. The van der Waals surface area contributed by atoms with Crippen molar-refractivity contribution < 1.29 is 34.0 Å². The lowest BCUT2D eigenvalue weighted by Gasteiger charge is -2.47. The molecule has 0 aromatic heterocycles. The Morgan fingerprint density at radius 2 is 1.54 bits per heavy atom. The number of nitrogens with zero attached hydrogens (tertiary/aromatic N) is 1. The van der Waals surface area contributed by atoms with E-state index in [9.17, 15) is 15.0 Å². The van der Waals surface area contributed by atoms with E-state index in [-0.39, 0.29) is 18.3 Å². The highest BCUT2D eigenvalue weighted by Crippen LogP contribution is 2.49. The highest BCUT2D eigenvalue weighted by atomic mass is 16.5. The highest BCUT2D eigenvalue weighted by molar-refractivity contribution is 6.03. The molecule has 8 heteroatoms. The summed E-state index contributed by atoms with van der Waals surface area (Å²) < 4.78 is 21.1. The molecule has 3 rings (SSSR count). The Bertz CT molecular complexity index is 858. The SMILES string of the molecule is COc1ccc(C2C(CO)C(=O)N2c2cc(OC)c(OC)c(OC)c2)cc1O. The molecule has 0 bridgehead atoms. The van der Waals surface area contributed by atoms with E-state index in [4.69, 9.17) is 18.9 Å². The van der Waals surface area contributed by atoms with Gasteiger partial charge >= 0.3 is 0 Å². The Morgan fingerprint density at radius 3 is 2.00 bits per heavy atom. The zero-order chi connectivity index (χ0) is 20.4. The molecule has 8 nitrogen and oxygen atoms in total. The van der Waals surface area contributed by atoms with Crippen LogP contribution in [0.2, 0.25) is 0 Å². The number of methoxy groups -OCH3 is 4. The lowest BCUT2D eigenvalue weighted by molar-refractivity contribution is -0.132. The molecule has 0 spiro atoms. The summed E-state index contributed by atoms with van der Waals surface area (Å²) in [5.74, 6) is 0.667. The molecule has 2 aromatic rings. The molecule has 1 amide bonds. The normalized spacial score (nSPS) is 18.5. The summed E-state index contributed by atoms with van der Waals surface area (Å²) in [5, 5.41) is 19.8. The van der Waals surface area contributed by atoms with Crippen molar-refractivity contribution in [2.75, 3.05) is 39.9 Å². The molecule has 2 aromatic carbocycles. The zero-order valence-electron chi connectivity index (χ0n) is 16.1. The van der Waals surface area contributed by atoms with Crippen molar-refractivity contribution in [3.8, 4) is 28.7 Å². The second-order valence-electron chi connectivity index (χ2n) is 6.26. The van der Waals surface area contributed by atoms with Gasteiger partial charge in [0.25, 0.3) is 0 Å². The first-order chi connectivity index (χ1) is 13.5. The van der Waals surface area contributed by atoms with Gasteiger partial charge in [0.15, 0.2) is 23.0 Å². The Kier molecular flexibility index (Phi) is 5.51. The third-order valence-electron chi connectivity index (χ3n) is 4.88. The van der Waals surface area contributed by atoms with Gasteiger partial charge < -0.3 is 34.1 Å². The maximum absolute atomic E-state index is 12.7. The van der Waals surface area contributed by atoms with Crippen LogP contribution in [0.15, 0.2) is 30.3 Å². The summed E-state index contributed by atoms with van der Waals surface area (Å²) >= 11 is 0. The van der Waals surface area contributed by atoms with Gasteiger partial charge in [0, 0.05) is 12.1 Å². The lowest BCUT2D eigenvalue weighted by atomic mass is 9.82. The van der Waals surface area contributed by atoms with Gasteiger partial charge in [-0.2, -0.15) is 0 Å². The Morgan fingerprint density at radius 1 is 0.929 bits per heavy atom. The van der Waals surface area contributed by atoms with Gasteiger partial charge in [-0.25, -0.2) is 0 Å². The largest absolute Gasteiger partial charge is 0.504 e. The number of aliphatic hydroxyl groups is 1. The predicted molar refractivity (Wildman–Crippen MR) is 102 cm³/mol. The maximum Gasteiger partial charge on any atom is 0.235 e. The lowest BCUT2D eigenvalue weighted by Crippen LogP contribution is -2.56. The van der Waals surface area contributed by atoms with Crippen LogP contribution in [0.5, 0.6) is 28.7 Å². The summed E-state index contributed by atoms with van der Waals surface area (Å²) in [6, 6.07) is 7.78. The molecule has 28 heavy (non-hydrogen) atoms. The van der Waals surface area contributed by atoms with Gasteiger partial charge in [-0.3, -0.25) is 4.79 Å². The average molecular weight is 389 g/mol. The van der Waals surface area contributed by atoms with Crippen LogP contribution in [-0.2, 0) is 4.79 Å². The third-order valence-corrected chi connectivity index (χ3v) is 4.88. The number of amides is 1. The first-order valence-electron chi connectivity index (χ1n) is 8.61. The smallest absolute Gasteiger partial charge is 0.235 e. The number of β-lactam (4-membered cyclic amide) rings is 1. The molecule has 150 valence electrons. The number of carbonyl (C=O) groups excluding carboxylic acids is 1. The fraction of sp³-hybridized carbons (Fsp3) is 0.350. The molecule has 0 saturated carbocycles. The number of phenolic OH excluding ortho intramolecular Hbond substituents is 1. The number of aromatic hydroxyl groups is 1. The first kappa shape index (κ1) is 19.6. The van der Waals surface area contributed by atoms with Crippen LogP contribution in [0.4, 0.5) is 5.69 Å². The first-order valence-corrected chi connectivity index (χ1v) is 8.61. The number of rotatable bonds is 7. The number of ether oxygens (including phenoxy) is 4. The van der Waals surface area contributed by atoms with Crippen LogP contribution < -0.4 is 23.8 Å². The molecule has 1 aliphatic rings. The van der Waals surface area contributed by atoms with Crippen molar-refractivity contribution in [2.24, 2.45) is 5.92 Å². The van der Waals surface area contributed by atoms with E-state index < -0.39 is 12.0 Å². The summed E-state index contributed by atoms with van der Waals surface area (Å²) in [5.41, 5.74) is 1.20. The minimum atomic E-state index is -0.619. The number of aliphatic hydroxyl groups excluding tert-OH is 1. The van der Waals surface area contributed by atoms with E-state index in [2.05, 4.69) is 0 Å². The number of phenols is 1. The number of hydrogen-bond acceptors (Lipinski definition) is 7. The number of hydrogen-bond donors (Lipinski definition) is 2. The topological polar surface area (TPSA) is 97.7 Å². The quantitative estimate of drug-likeness (QED) is 0.700. The van der Waals surface area contributed by atoms with Crippen LogP contribution in [0.25, 0.3) is 0 Å². The number of anilines is 1. The molecule has 2 N–H and O–H groups in total. The molecule has 0 aliphatic carbocycles. The second-order valence-corrected chi connectivity index (χ2v) is 6.26. The van der Waals surface area contributed by atoms with Crippen LogP contribution in [-0.4, -0.2) is 51.2 Å². The van der Waals surface area contributed by atoms with E-state index in [1.54, 1.807) is 24.3 Å². The molecular weight excluding hydrogens is 366 g/mol. The van der Waals surface area contributed by atoms with Crippen molar-refractivity contribution in [1.29, 1.82) is 0 Å². The highest BCUT2D eigenvalue weighted by Gasteiger charge is 2.49. The van der Waals surface area contributed by atoms with Gasteiger partial charge in [-0.1, -0.05) is 6.07 Å². The molecule has 1 aliphatic heterocycles. The molecule has 1 fully saturated rings. The van der Waals surface area contributed by atoms with Gasteiger partial charge in [0.1, 0.15) is 0 Å². The van der Waals surface area contributed by atoms with Gasteiger partial charge in [0.05, 0.1) is 52.7 Å². The summed E-state index contributed by atoms with van der Waals surface area (Å²) in [6.07, 6.45) is 0. The minimum absolute atomic E-state index is 0.0409. The monoisotopic (exact) mass is 389 g/mol. The van der Waals surface area contributed by atoms with E-state index in [1.165, 1.54) is 39.4 Å². The molecule has 2 atom stereocenters. The van der Waals surface area contributed by atoms with Crippen molar-refractivity contribution in [2.45, 2.75) is 6.04 Å². The zero-order valence-corrected chi connectivity index (χ0v) is 16.1. The molecule has 2 unspecified atom stereocenters. The van der Waals surface area contributed by atoms with Crippen molar-refractivity contribution in [1.82, 2.24) is 0 Å². The van der Waals surface area contributed by atoms with E-state index >= 15 is 0 Å². The average Bonchev–Trinajstić information content (AvgIpc) is 2.71. The van der Waals surface area contributed by atoms with E-state index in [1.807, 2.05) is 0 Å². The third kappa shape index (κ3) is 3.05. The fourth-order valence-electron chi connectivity index (χ4n) is 3.49. The molecule has 1 heterocycles. The van der Waals surface area contributed by atoms with Crippen molar-refractivity contribution in [3.63, 3.8) is 0 Å². The molecular formula is C20H23NO7. The minimum Gasteiger partial charge on any atom is -0.504 e. The van der Waals surface area contributed by atoms with Crippen LogP contribution in [0.3, 0.4) is 0 Å². The number of benzene rings is 2. The standard InChI is InChI=1S/C20H23NO7/c1-25-15-6-5-11(7-14(15)23)18-13(10-22)20(24)21(18)12-8-16(26-2)19(28-4)17(9-12)27-3/h5-9,13,18,22-23H,10H2,1-4H3. The maximum atomic E-state index is 12.7. The van der Waals surface area contributed by atoms with E-state index in [0.717, 1.165) is 0 Å². The van der Waals surface area contributed by atoms with Crippen molar-refractivity contribution >= 4 is 11.6 Å².